The Balaban J connectivity index is 1.61. The van der Waals surface area contributed by atoms with Gasteiger partial charge in [-0.2, -0.15) is 0 Å². The van der Waals surface area contributed by atoms with Crippen molar-refractivity contribution < 1.29 is 4.42 Å². The summed E-state index contributed by atoms with van der Waals surface area (Å²) in [4.78, 5) is 2.38. The van der Waals surface area contributed by atoms with E-state index in [0.29, 0.717) is 24.4 Å². The van der Waals surface area contributed by atoms with Crippen LogP contribution in [0.3, 0.4) is 0 Å². The van der Waals surface area contributed by atoms with Crippen molar-refractivity contribution in [3.05, 3.63) is 5.89 Å². The average molecular weight is 292 g/mol. The van der Waals surface area contributed by atoms with Crippen molar-refractivity contribution in [1.29, 1.82) is 0 Å². The zero-order valence-corrected chi connectivity index (χ0v) is 13.3. The van der Waals surface area contributed by atoms with Crippen LogP contribution < -0.4 is 10.2 Å². The quantitative estimate of drug-likeness (QED) is 0.904. The normalized spacial score (nSPS) is 26.1. The Morgan fingerprint density at radius 1 is 1.19 bits per heavy atom. The zero-order valence-electron chi connectivity index (χ0n) is 13.3. The molecule has 0 spiro atoms. The number of nitrogens with one attached hydrogen (secondary N) is 1. The smallest absolute Gasteiger partial charge is 0.318 e. The van der Waals surface area contributed by atoms with Gasteiger partial charge in [-0.15, -0.1) is 5.10 Å². The van der Waals surface area contributed by atoms with Crippen LogP contribution in [-0.2, 0) is 6.54 Å². The van der Waals surface area contributed by atoms with Crippen molar-refractivity contribution in [2.45, 2.75) is 65.0 Å². The standard InChI is InChI=1S/C16H28N4O/c1-12(2)10-17-11-15-18-19-16(21-15)20-9-5-7-13-6-3-4-8-14(13)20/h12-14,17H,3-11H2,1-2H3. The highest BCUT2D eigenvalue weighted by Crippen LogP contribution is 2.37. The molecular weight excluding hydrogens is 264 g/mol. The van der Waals surface area contributed by atoms with Crippen molar-refractivity contribution in [1.82, 2.24) is 15.5 Å². The lowest BCUT2D eigenvalue weighted by Gasteiger charge is -2.43. The summed E-state index contributed by atoms with van der Waals surface area (Å²) < 4.78 is 5.90. The molecule has 2 heterocycles. The summed E-state index contributed by atoms with van der Waals surface area (Å²) in [7, 11) is 0. The SMILES string of the molecule is CC(C)CNCc1nnc(N2CCCC3CCCCC32)o1. The molecule has 5 nitrogen and oxygen atoms in total. The minimum Gasteiger partial charge on any atom is -0.407 e. The van der Waals surface area contributed by atoms with Crippen molar-refractivity contribution in [2.75, 3.05) is 18.0 Å². The van der Waals surface area contributed by atoms with Gasteiger partial charge in [0.15, 0.2) is 0 Å². The van der Waals surface area contributed by atoms with Gasteiger partial charge < -0.3 is 14.6 Å². The van der Waals surface area contributed by atoms with Crippen molar-refractivity contribution in [3.63, 3.8) is 0 Å². The highest BCUT2D eigenvalue weighted by molar-refractivity contribution is 5.28. The van der Waals surface area contributed by atoms with E-state index in [1.165, 1.54) is 38.5 Å². The van der Waals surface area contributed by atoms with Crippen LogP contribution in [0.15, 0.2) is 4.42 Å². The molecule has 3 rings (SSSR count). The number of nitrogens with zero attached hydrogens (tertiary/aromatic N) is 3. The second kappa shape index (κ2) is 6.77. The van der Waals surface area contributed by atoms with Gasteiger partial charge in [-0.25, -0.2) is 0 Å². The molecule has 1 N–H and O–H groups in total. The lowest BCUT2D eigenvalue weighted by Crippen LogP contribution is -2.47. The molecule has 0 aromatic carbocycles. The Morgan fingerprint density at radius 3 is 2.86 bits per heavy atom. The molecule has 21 heavy (non-hydrogen) atoms. The molecule has 5 heteroatoms. The summed E-state index contributed by atoms with van der Waals surface area (Å²) >= 11 is 0. The Labute approximate surface area is 127 Å². The van der Waals surface area contributed by atoms with Crippen LogP contribution in [0, 0.1) is 11.8 Å². The van der Waals surface area contributed by atoms with Crippen LogP contribution in [-0.4, -0.2) is 29.3 Å². The van der Waals surface area contributed by atoms with Gasteiger partial charge in [0.05, 0.1) is 6.54 Å². The summed E-state index contributed by atoms with van der Waals surface area (Å²) in [5.41, 5.74) is 0. The topological polar surface area (TPSA) is 54.2 Å². The first-order chi connectivity index (χ1) is 10.2. The predicted molar refractivity (Wildman–Crippen MR) is 83.2 cm³/mol. The first-order valence-corrected chi connectivity index (χ1v) is 8.54. The largest absolute Gasteiger partial charge is 0.407 e. The summed E-state index contributed by atoms with van der Waals surface area (Å²) in [5.74, 6) is 2.18. The van der Waals surface area contributed by atoms with Gasteiger partial charge in [0.1, 0.15) is 0 Å². The van der Waals surface area contributed by atoms with E-state index in [1.807, 2.05) is 0 Å². The molecule has 2 aliphatic rings. The molecule has 0 radical (unpaired) electrons. The number of hydrogen-bond acceptors (Lipinski definition) is 5. The second-order valence-corrected chi connectivity index (χ2v) is 6.95. The van der Waals surface area contributed by atoms with Crippen LogP contribution in [0.5, 0.6) is 0 Å². The number of piperidine rings is 1. The molecule has 1 aromatic rings. The molecular formula is C16H28N4O. The maximum atomic E-state index is 5.90. The molecule has 1 aliphatic carbocycles. The first-order valence-electron chi connectivity index (χ1n) is 8.54. The molecule has 2 fully saturated rings. The van der Waals surface area contributed by atoms with Gasteiger partial charge in [-0.3, -0.25) is 0 Å². The van der Waals surface area contributed by atoms with E-state index in [2.05, 4.69) is 34.3 Å². The average Bonchev–Trinajstić information content (AvgIpc) is 2.95. The highest BCUT2D eigenvalue weighted by atomic mass is 16.4. The summed E-state index contributed by atoms with van der Waals surface area (Å²) in [6.45, 7) is 7.12. The number of fused-ring (bicyclic) bond motifs is 1. The minimum absolute atomic E-state index is 0.629. The van der Waals surface area contributed by atoms with E-state index < -0.39 is 0 Å². The summed E-state index contributed by atoms with van der Waals surface area (Å²) in [6, 6.07) is 1.37. The van der Waals surface area contributed by atoms with Crippen LogP contribution in [0.25, 0.3) is 0 Å². The van der Waals surface area contributed by atoms with Gasteiger partial charge in [0.2, 0.25) is 5.89 Å². The number of rotatable bonds is 5. The Kier molecular flexibility index (Phi) is 4.78. The lowest BCUT2D eigenvalue weighted by molar-refractivity contribution is 0.234. The van der Waals surface area contributed by atoms with Crippen LogP contribution in [0.4, 0.5) is 6.01 Å². The van der Waals surface area contributed by atoms with Crippen LogP contribution in [0.1, 0.15) is 58.3 Å². The lowest BCUT2D eigenvalue weighted by atomic mass is 9.78. The molecule has 118 valence electrons. The van der Waals surface area contributed by atoms with E-state index in [1.54, 1.807) is 0 Å². The maximum Gasteiger partial charge on any atom is 0.318 e. The van der Waals surface area contributed by atoms with Gasteiger partial charge >= 0.3 is 6.01 Å². The molecule has 1 saturated carbocycles. The fourth-order valence-electron chi connectivity index (χ4n) is 3.76. The zero-order chi connectivity index (χ0) is 14.7. The molecule has 2 unspecified atom stereocenters. The van der Waals surface area contributed by atoms with Crippen LogP contribution >= 0.6 is 0 Å². The molecule has 1 saturated heterocycles. The van der Waals surface area contributed by atoms with Gasteiger partial charge in [0, 0.05) is 12.6 Å². The fourth-order valence-corrected chi connectivity index (χ4v) is 3.76. The van der Waals surface area contributed by atoms with Crippen LogP contribution in [0.2, 0.25) is 0 Å². The Morgan fingerprint density at radius 2 is 2.00 bits per heavy atom. The number of anilines is 1. The van der Waals surface area contributed by atoms with E-state index in [9.17, 15) is 0 Å². The van der Waals surface area contributed by atoms with E-state index >= 15 is 0 Å². The van der Waals surface area contributed by atoms with Gasteiger partial charge in [0.25, 0.3) is 0 Å². The van der Waals surface area contributed by atoms with Gasteiger partial charge in [-0.05, 0) is 44.1 Å². The molecule has 1 aliphatic heterocycles. The predicted octanol–water partition coefficient (Wildman–Crippen LogP) is 2.97. The first kappa shape index (κ1) is 14.8. The number of hydrogen-bond donors (Lipinski definition) is 1. The van der Waals surface area contributed by atoms with E-state index in [4.69, 9.17) is 4.42 Å². The van der Waals surface area contributed by atoms with Crippen molar-refractivity contribution in [3.8, 4) is 0 Å². The summed E-state index contributed by atoms with van der Waals surface area (Å²) in [5, 5.41) is 11.9. The van der Waals surface area contributed by atoms with Crippen molar-refractivity contribution >= 4 is 6.01 Å². The molecule has 1 aromatic heterocycles. The van der Waals surface area contributed by atoms with Crippen molar-refractivity contribution in [2.24, 2.45) is 11.8 Å². The molecule has 0 amide bonds. The Hall–Kier alpha value is -1.10. The maximum absolute atomic E-state index is 5.90. The third-order valence-electron chi connectivity index (χ3n) is 4.77. The highest BCUT2D eigenvalue weighted by Gasteiger charge is 2.35. The second-order valence-electron chi connectivity index (χ2n) is 6.95. The fraction of sp³-hybridized carbons (Fsp3) is 0.875. The molecule has 2 atom stereocenters. The summed E-state index contributed by atoms with van der Waals surface area (Å²) in [6.07, 6.45) is 8.02. The monoisotopic (exact) mass is 292 g/mol. The molecule has 0 bridgehead atoms. The minimum atomic E-state index is 0.629. The third-order valence-corrected chi connectivity index (χ3v) is 4.77. The van der Waals surface area contributed by atoms with E-state index in [-0.39, 0.29) is 0 Å². The van der Waals surface area contributed by atoms with Gasteiger partial charge in [-0.1, -0.05) is 31.8 Å². The number of aromatic nitrogens is 2. The third kappa shape index (κ3) is 3.57. The Bertz CT molecular complexity index is 443. The van der Waals surface area contributed by atoms with E-state index in [0.717, 1.165) is 25.0 Å².